The zero-order chi connectivity index (χ0) is 9.26. The van der Waals surface area contributed by atoms with Gasteiger partial charge < -0.3 is 18.9 Å². The van der Waals surface area contributed by atoms with Crippen molar-refractivity contribution in [1.29, 1.82) is 0 Å². The Labute approximate surface area is 78.1 Å². The van der Waals surface area contributed by atoms with Crippen molar-refractivity contribution >= 4 is 0 Å². The monoisotopic (exact) mass is 188 g/mol. The maximum Gasteiger partial charge on any atom is 0.146 e. The van der Waals surface area contributed by atoms with Crippen molar-refractivity contribution in [3.8, 4) is 0 Å². The predicted octanol–water partition coefficient (Wildman–Crippen LogP) is 0.409. The second kappa shape index (κ2) is 3.92. The van der Waals surface area contributed by atoms with Gasteiger partial charge in [-0.25, -0.2) is 0 Å². The second-order valence-electron chi connectivity index (χ2n) is 3.68. The van der Waals surface area contributed by atoms with Gasteiger partial charge in [0.25, 0.3) is 0 Å². The molecule has 2 rings (SSSR count). The maximum atomic E-state index is 5.59. The fourth-order valence-corrected chi connectivity index (χ4v) is 1.95. The van der Waals surface area contributed by atoms with Gasteiger partial charge in [0.2, 0.25) is 0 Å². The molecule has 0 radical (unpaired) electrons. The van der Waals surface area contributed by atoms with Crippen LogP contribution in [0.5, 0.6) is 0 Å². The maximum absolute atomic E-state index is 5.59. The van der Waals surface area contributed by atoms with Crippen molar-refractivity contribution in [1.82, 2.24) is 0 Å². The smallest absolute Gasteiger partial charge is 0.146 e. The number of ether oxygens (including phenoxy) is 4. The van der Waals surface area contributed by atoms with E-state index < -0.39 is 0 Å². The number of methoxy groups -OCH3 is 1. The van der Waals surface area contributed by atoms with Crippen LogP contribution in [-0.4, -0.2) is 45.4 Å². The molecule has 2 aliphatic rings. The number of hydrogen-bond acceptors (Lipinski definition) is 4. The van der Waals surface area contributed by atoms with E-state index in [1.165, 1.54) is 0 Å². The molecule has 0 N–H and O–H groups in total. The SMILES string of the molecule is COCOC1COC2C(C)COC12. The lowest BCUT2D eigenvalue weighted by molar-refractivity contribution is -0.105. The summed E-state index contributed by atoms with van der Waals surface area (Å²) in [5.74, 6) is 0.487. The van der Waals surface area contributed by atoms with E-state index in [2.05, 4.69) is 6.92 Å². The van der Waals surface area contributed by atoms with Crippen molar-refractivity contribution in [3.63, 3.8) is 0 Å². The Balaban J connectivity index is 1.87. The molecule has 0 spiro atoms. The topological polar surface area (TPSA) is 36.9 Å². The standard InChI is InChI=1S/C9H16O4/c1-6-3-11-9-7(13-5-10-2)4-12-8(6)9/h6-9H,3-5H2,1-2H3. The molecule has 4 nitrogen and oxygen atoms in total. The van der Waals surface area contributed by atoms with E-state index >= 15 is 0 Å². The molecule has 2 saturated heterocycles. The van der Waals surface area contributed by atoms with Crippen LogP contribution in [-0.2, 0) is 18.9 Å². The lowest BCUT2D eigenvalue weighted by atomic mass is 10.0. The first-order valence-corrected chi connectivity index (χ1v) is 4.66. The van der Waals surface area contributed by atoms with Gasteiger partial charge in [-0.3, -0.25) is 0 Å². The van der Waals surface area contributed by atoms with Gasteiger partial charge in [-0.15, -0.1) is 0 Å². The normalized spacial score (nSPS) is 43.8. The highest BCUT2D eigenvalue weighted by Crippen LogP contribution is 2.31. The summed E-state index contributed by atoms with van der Waals surface area (Å²) < 4.78 is 21.5. The third kappa shape index (κ3) is 1.72. The van der Waals surface area contributed by atoms with Gasteiger partial charge in [0.05, 0.1) is 19.3 Å². The zero-order valence-electron chi connectivity index (χ0n) is 8.06. The molecular formula is C9H16O4. The van der Waals surface area contributed by atoms with Crippen LogP contribution < -0.4 is 0 Å². The third-order valence-corrected chi connectivity index (χ3v) is 2.66. The van der Waals surface area contributed by atoms with Gasteiger partial charge in [-0.1, -0.05) is 6.92 Å². The van der Waals surface area contributed by atoms with Crippen LogP contribution in [0.25, 0.3) is 0 Å². The zero-order valence-corrected chi connectivity index (χ0v) is 8.06. The highest BCUT2D eigenvalue weighted by Gasteiger charge is 2.46. The molecule has 76 valence electrons. The molecule has 0 aliphatic carbocycles. The van der Waals surface area contributed by atoms with Crippen molar-refractivity contribution in [2.24, 2.45) is 5.92 Å². The average Bonchev–Trinajstić information content (AvgIpc) is 2.67. The minimum absolute atomic E-state index is 0.0508. The summed E-state index contributed by atoms with van der Waals surface area (Å²) in [7, 11) is 1.62. The number of fused-ring (bicyclic) bond motifs is 1. The molecule has 2 aliphatic heterocycles. The van der Waals surface area contributed by atoms with Gasteiger partial charge in [-0.2, -0.15) is 0 Å². The molecule has 4 heteroatoms. The summed E-state index contributed by atoms with van der Waals surface area (Å²) in [5, 5.41) is 0. The molecular weight excluding hydrogens is 172 g/mol. The van der Waals surface area contributed by atoms with Crippen molar-refractivity contribution in [2.75, 3.05) is 27.1 Å². The summed E-state index contributed by atoms with van der Waals surface area (Å²) in [6.45, 7) is 3.86. The van der Waals surface area contributed by atoms with E-state index in [0.29, 0.717) is 19.3 Å². The van der Waals surface area contributed by atoms with E-state index in [9.17, 15) is 0 Å². The van der Waals surface area contributed by atoms with E-state index in [0.717, 1.165) is 6.61 Å². The molecule has 0 bridgehead atoms. The van der Waals surface area contributed by atoms with Gasteiger partial charge in [-0.05, 0) is 0 Å². The van der Waals surface area contributed by atoms with Crippen LogP contribution in [0.2, 0.25) is 0 Å². The van der Waals surface area contributed by atoms with Crippen LogP contribution in [0.3, 0.4) is 0 Å². The third-order valence-electron chi connectivity index (χ3n) is 2.66. The molecule has 4 atom stereocenters. The minimum Gasteiger partial charge on any atom is -0.372 e. The number of rotatable bonds is 3. The predicted molar refractivity (Wildman–Crippen MR) is 45.4 cm³/mol. The van der Waals surface area contributed by atoms with Gasteiger partial charge in [0.15, 0.2) is 0 Å². The van der Waals surface area contributed by atoms with Crippen LogP contribution in [0.15, 0.2) is 0 Å². The fraction of sp³-hybridized carbons (Fsp3) is 1.00. The highest BCUT2D eigenvalue weighted by atomic mass is 16.7. The Hall–Kier alpha value is -0.160. The van der Waals surface area contributed by atoms with Crippen LogP contribution in [0.1, 0.15) is 6.92 Å². The van der Waals surface area contributed by atoms with Crippen LogP contribution >= 0.6 is 0 Å². The lowest BCUT2D eigenvalue weighted by Gasteiger charge is -2.15. The number of hydrogen-bond donors (Lipinski definition) is 0. The molecule has 0 aromatic heterocycles. The first kappa shape index (κ1) is 9.40. The van der Waals surface area contributed by atoms with Gasteiger partial charge >= 0.3 is 0 Å². The quantitative estimate of drug-likeness (QED) is 0.601. The molecule has 13 heavy (non-hydrogen) atoms. The summed E-state index contributed by atoms with van der Waals surface area (Å²) in [6.07, 6.45) is 0.391. The molecule has 0 aromatic rings. The largest absolute Gasteiger partial charge is 0.372 e. The summed E-state index contributed by atoms with van der Waals surface area (Å²) >= 11 is 0. The minimum atomic E-state index is 0.0508. The fourth-order valence-electron chi connectivity index (χ4n) is 1.95. The van der Waals surface area contributed by atoms with Gasteiger partial charge in [0.1, 0.15) is 19.0 Å². The van der Waals surface area contributed by atoms with Crippen LogP contribution in [0.4, 0.5) is 0 Å². The summed E-state index contributed by atoms with van der Waals surface area (Å²) in [4.78, 5) is 0. The van der Waals surface area contributed by atoms with Gasteiger partial charge in [0, 0.05) is 13.0 Å². The Morgan fingerprint density at radius 3 is 2.77 bits per heavy atom. The second-order valence-corrected chi connectivity index (χ2v) is 3.68. The molecule has 2 heterocycles. The summed E-state index contributed by atoms with van der Waals surface area (Å²) in [5.41, 5.74) is 0. The molecule has 0 amide bonds. The van der Waals surface area contributed by atoms with Crippen LogP contribution in [0, 0.1) is 5.92 Å². The van der Waals surface area contributed by atoms with Crippen molar-refractivity contribution in [2.45, 2.75) is 25.2 Å². The Morgan fingerprint density at radius 1 is 1.23 bits per heavy atom. The van der Waals surface area contributed by atoms with Crippen molar-refractivity contribution in [3.05, 3.63) is 0 Å². The first-order chi connectivity index (χ1) is 6.33. The lowest BCUT2D eigenvalue weighted by Crippen LogP contribution is -2.31. The van der Waals surface area contributed by atoms with Crippen molar-refractivity contribution < 1.29 is 18.9 Å². The molecule has 0 saturated carbocycles. The molecule has 0 aromatic carbocycles. The Morgan fingerprint density at radius 2 is 2.00 bits per heavy atom. The van der Waals surface area contributed by atoms with E-state index in [4.69, 9.17) is 18.9 Å². The average molecular weight is 188 g/mol. The molecule has 2 fully saturated rings. The Kier molecular flexibility index (Phi) is 2.83. The van der Waals surface area contributed by atoms with E-state index in [-0.39, 0.29) is 18.3 Å². The first-order valence-electron chi connectivity index (χ1n) is 4.66. The molecule has 4 unspecified atom stereocenters. The van der Waals surface area contributed by atoms with E-state index in [1.807, 2.05) is 0 Å². The Bertz CT molecular complexity index is 173. The van der Waals surface area contributed by atoms with E-state index in [1.54, 1.807) is 7.11 Å². The summed E-state index contributed by atoms with van der Waals surface area (Å²) in [6, 6.07) is 0. The highest BCUT2D eigenvalue weighted by molar-refractivity contribution is 4.93.